The van der Waals surface area contributed by atoms with Gasteiger partial charge in [-0.05, 0) is 49.3 Å². The van der Waals surface area contributed by atoms with Crippen molar-refractivity contribution in [3.05, 3.63) is 23.8 Å². The van der Waals surface area contributed by atoms with Gasteiger partial charge in [-0.2, -0.15) is 0 Å². The van der Waals surface area contributed by atoms with Crippen LogP contribution in [0.3, 0.4) is 0 Å². The van der Waals surface area contributed by atoms with Crippen molar-refractivity contribution in [3.8, 4) is 0 Å². The molecule has 0 unspecified atom stereocenters. The van der Waals surface area contributed by atoms with Crippen molar-refractivity contribution in [3.63, 3.8) is 0 Å². The minimum atomic E-state index is 0.277. The number of fused-ring (bicyclic) bond motifs is 1. The normalized spacial score (nSPS) is 18.9. The molecule has 90 valence electrons. The molecule has 0 aromatic heterocycles. The molecule has 3 rings (SSSR count). The van der Waals surface area contributed by atoms with Crippen molar-refractivity contribution in [2.24, 2.45) is 5.92 Å². The topological polar surface area (TPSA) is 46.3 Å². The molecule has 0 atom stereocenters. The zero-order chi connectivity index (χ0) is 11.8. The van der Waals surface area contributed by atoms with Crippen LogP contribution >= 0.6 is 0 Å². The Bertz CT molecular complexity index is 452. The first-order valence-corrected chi connectivity index (χ1v) is 6.43. The number of nitrogens with zero attached hydrogens (tertiary/aromatic N) is 1. The number of rotatable bonds is 2. The molecule has 0 spiro atoms. The van der Waals surface area contributed by atoms with Crippen LogP contribution in [0.1, 0.15) is 31.2 Å². The van der Waals surface area contributed by atoms with Crippen LogP contribution < -0.4 is 10.6 Å². The van der Waals surface area contributed by atoms with Gasteiger partial charge in [0, 0.05) is 24.3 Å². The Hall–Kier alpha value is -1.51. The van der Waals surface area contributed by atoms with Crippen LogP contribution in [-0.2, 0) is 11.2 Å². The van der Waals surface area contributed by atoms with Gasteiger partial charge in [0.05, 0.1) is 0 Å². The van der Waals surface area contributed by atoms with E-state index < -0.39 is 0 Å². The molecule has 0 bridgehead atoms. The molecule has 0 saturated heterocycles. The van der Waals surface area contributed by atoms with E-state index in [4.69, 9.17) is 5.73 Å². The Labute approximate surface area is 102 Å². The van der Waals surface area contributed by atoms with Gasteiger partial charge >= 0.3 is 0 Å². The van der Waals surface area contributed by atoms with Crippen LogP contribution in [-0.4, -0.2) is 12.5 Å². The summed E-state index contributed by atoms with van der Waals surface area (Å²) in [6, 6.07) is 5.92. The number of hydrogen-bond donors (Lipinski definition) is 1. The molecular weight excluding hydrogens is 212 g/mol. The third-order valence-corrected chi connectivity index (χ3v) is 3.69. The molecule has 17 heavy (non-hydrogen) atoms. The number of anilines is 2. The van der Waals surface area contributed by atoms with Gasteiger partial charge in [0.1, 0.15) is 0 Å². The van der Waals surface area contributed by atoms with E-state index in [0.29, 0.717) is 12.3 Å². The van der Waals surface area contributed by atoms with E-state index in [9.17, 15) is 4.79 Å². The summed E-state index contributed by atoms with van der Waals surface area (Å²) in [6.45, 7) is 0.849. The van der Waals surface area contributed by atoms with Crippen molar-refractivity contribution in [2.75, 3.05) is 17.2 Å². The van der Waals surface area contributed by atoms with E-state index in [-0.39, 0.29) is 5.91 Å². The number of hydrogen-bond acceptors (Lipinski definition) is 2. The lowest BCUT2D eigenvalue weighted by molar-refractivity contribution is -0.119. The van der Waals surface area contributed by atoms with E-state index >= 15 is 0 Å². The molecule has 1 aromatic rings. The average molecular weight is 230 g/mol. The summed E-state index contributed by atoms with van der Waals surface area (Å²) in [4.78, 5) is 14.1. The van der Waals surface area contributed by atoms with Crippen molar-refractivity contribution in [1.29, 1.82) is 0 Å². The molecule has 2 aliphatic rings. The molecule has 1 fully saturated rings. The van der Waals surface area contributed by atoms with Gasteiger partial charge in [0.25, 0.3) is 0 Å². The van der Waals surface area contributed by atoms with Gasteiger partial charge in [0.2, 0.25) is 5.91 Å². The highest BCUT2D eigenvalue weighted by Gasteiger charge is 2.29. The average Bonchev–Trinajstić information content (AvgIpc) is 3.12. The maximum absolute atomic E-state index is 12.2. The summed E-state index contributed by atoms with van der Waals surface area (Å²) in [6.07, 6.45) is 5.29. The molecule has 1 amide bonds. The van der Waals surface area contributed by atoms with Crippen molar-refractivity contribution >= 4 is 17.3 Å². The van der Waals surface area contributed by atoms with E-state index in [0.717, 1.165) is 30.8 Å². The molecule has 1 aromatic carbocycles. The monoisotopic (exact) mass is 230 g/mol. The van der Waals surface area contributed by atoms with Gasteiger partial charge in [0.15, 0.2) is 0 Å². The minimum Gasteiger partial charge on any atom is -0.399 e. The number of nitrogens with two attached hydrogens (primary N) is 1. The molecule has 3 heteroatoms. The first-order valence-electron chi connectivity index (χ1n) is 6.43. The number of benzene rings is 1. The zero-order valence-electron chi connectivity index (χ0n) is 9.98. The number of carbonyl (C=O) groups excluding carboxylic acids is 1. The van der Waals surface area contributed by atoms with Crippen molar-refractivity contribution in [1.82, 2.24) is 0 Å². The van der Waals surface area contributed by atoms with Gasteiger partial charge in [-0.15, -0.1) is 0 Å². The molecular formula is C14H18N2O. The lowest BCUT2D eigenvalue weighted by atomic mass is 10.0. The number of aryl methyl sites for hydroxylation is 1. The van der Waals surface area contributed by atoms with Gasteiger partial charge < -0.3 is 10.6 Å². The van der Waals surface area contributed by atoms with Crippen LogP contribution in [0.15, 0.2) is 18.2 Å². The highest BCUT2D eigenvalue weighted by atomic mass is 16.2. The van der Waals surface area contributed by atoms with Gasteiger partial charge in [-0.3, -0.25) is 4.79 Å². The number of amides is 1. The summed E-state index contributed by atoms with van der Waals surface area (Å²) in [5.41, 5.74) is 8.87. The largest absolute Gasteiger partial charge is 0.399 e. The van der Waals surface area contributed by atoms with Crippen LogP contribution in [0.5, 0.6) is 0 Å². The molecule has 1 saturated carbocycles. The Morgan fingerprint density at radius 2 is 2.24 bits per heavy atom. The third kappa shape index (κ3) is 2.14. The number of nitrogen functional groups attached to an aromatic ring is 1. The van der Waals surface area contributed by atoms with Gasteiger partial charge in [-0.25, -0.2) is 0 Å². The molecule has 1 aliphatic carbocycles. The lowest BCUT2D eigenvalue weighted by Gasteiger charge is -2.30. The highest BCUT2D eigenvalue weighted by molar-refractivity contribution is 5.95. The second-order valence-electron chi connectivity index (χ2n) is 5.18. The maximum Gasteiger partial charge on any atom is 0.227 e. The Morgan fingerprint density at radius 1 is 1.41 bits per heavy atom. The van der Waals surface area contributed by atoms with E-state index in [1.165, 1.54) is 18.4 Å². The smallest absolute Gasteiger partial charge is 0.227 e. The standard InChI is InChI=1S/C14H18N2O/c15-12-6-5-11-2-1-7-16(13(11)9-12)14(17)8-10-3-4-10/h5-6,9-10H,1-4,7-8,15H2. The predicted molar refractivity (Wildman–Crippen MR) is 68.9 cm³/mol. The summed E-state index contributed by atoms with van der Waals surface area (Å²) >= 11 is 0. The van der Waals surface area contributed by atoms with E-state index in [1.807, 2.05) is 17.0 Å². The Kier molecular flexibility index (Phi) is 2.54. The molecule has 0 radical (unpaired) electrons. The minimum absolute atomic E-state index is 0.277. The van der Waals surface area contributed by atoms with Crippen LogP contribution in [0.4, 0.5) is 11.4 Å². The predicted octanol–water partition coefficient (Wildman–Crippen LogP) is 2.35. The second kappa shape index (κ2) is 4.06. The number of carbonyl (C=O) groups is 1. The van der Waals surface area contributed by atoms with Crippen LogP contribution in [0.2, 0.25) is 0 Å². The third-order valence-electron chi connectivity index (χ3n) is 3.69. The Balaban J connectivity index is 1.86. The fourth-order valence-electron chi connectivity index (χ4n) is 2.53. The van der Waals surface area contributed by atoms with Crippen LogP contribution in [0.25, 0.3) is 0 Å². The first kappa shape index (κ1) is 10.6. The SMILES string of the molecule is Nc1ccc2c(c1)N(C(=O)CC1CC1)CCC2. The summed E-state index contributed by atoms with van der Waals surface area (Å²) in [7, 11) is 0. The summed E-state index contributed by atoms with van der Waals surface area (Å²) in [5.74, 6) is 0.924. The Morgan fingerprint density at radius 3 is 3.00 bits per heavy atom. The molecule has 3 nitrogen and oxygen atoms in total. The van der Waals surface area contributed by atoms with Gasteiger partial charge in [-0.1, -0.05) is 6.07 Å². The first-order chi connectivity index (χ1) is 8.24. The maximum atomic E-state index is 12.2. The van der Waals surface area contributed by atoms with E-state index in [1.54, 1.807) is 0 Å². The zero-order valence-corrected chi connectivity index (χ0v) is 9.98. The molecule has 2 N–H and O–H groups in total. The van der Waals surface area contributed by atoms with E-state index in [2.05, 4.69) is 6.07 Å². The highest BCUT2D eigenvalue weighted by Crippen LogP contribution is 2.35. The fraction of sp³-hybridized carbons (Fsp3) is 0.500. The summed E-state index contributed by atoms with van der Waals surface area (Å²) < 4.78 is 0. The fourth-order valence-corrected chi connectivity index (χ4v) is 2.53. The van der Waals surface area contributed by atoms with Crippen LogP contribution in [0, 0.1) is 5.92 Å². The second-order valence-corrected chi connectivity index (χ2v) is 5.18. The summed E-state index contributed by atoms with van der Waals surface area (Å²) in [5, 5.41) is 0. The molecule has 1 aliphatic heterocycles. The lowest BCUT2D eigenvalue weighted by Crippen LogP contribution is -2.35. The molecule has 1 heterocycles. The van der Waals surface area contributed by atoms with Crippen molar-refractivity contribution in [2.45, 2.75) is 32.1 Å². The van der Waals surface area contributed by atoms with Crippen molar-refractivity contribution < 1.29 is 4.79 Å². The quantitative estimate of drug-likeness (QED) is 0.793.